The van der Waals surface area contributed by atoms with Crippen molar-refractivity contribution in [3.05, 3.63) is 104 Å². The number of aliphatic imine (C=N–C) groups is 1. The Morgan fingerprint density at radius 3 is 2.30 bits per heavy atom. The predicted molar refractivity (Wildman–Crippen MR) is 273 cm³/mol. The number of hydrogen-bond acceptors (Lipinski definition) is 13. The number of halogens is 1. The molecular weight excluding hydrogens is 948 g/mol. The van der Waals surface area contributed by atoms with E-state index < -0.39 is 35.6 Å². The van der Waals surface area contributed by atoms with Gasteiger partial charge in [0.2, 0.25) is 23.6 Å². The third-order valence-corrected chi connectivity index (χ3v) is 16.0. The first-order chi connectivity index (χ1) is 33.4. The number of carbonyl (C=O) groups excluding carboxylic acids is 4. The summed E-state index contributed by atoms with van der Waals surface area (Å²) in [6, 6.07) is 12.9. The molecule has 0 spiro atoms. The summed E-state index contributed by atoms with van der Waals surface area (Å²) in [7, 11) is 0. The number of thiazole rings is 1. The van der Waals surface area contributed by atoms with Crippen molar-refractivity contribution in [2.24, 2.45) is 10.4 Å². The van der Waals surface area contributed by atoms with Crippen LogP contribution in [-0.2, 0) is 23.9 Å². The molecule has 0 radical (unpaired) electrons. The summed E-state index contributed by atoms with van der Waals surface area (Å²) >= 11 is 9.53. The Balaban J connectivity index is 0.797. The number of aliphatic hydroxyl groups excluding tert-OH is 1. The molecule has 4 amide bonds. The molecule has 5 atom stereocenters. The highest BCUT2D eigenvalue weighted by Gasteiger charge is 2.45. The minimum absolute atomic E-state index is 0.00179. The highest BCUT2D eigenvalue weighted by molar-refractivity contribution is 7.15. The number of nitrogens with one attached hydrogen (secondary N) is 2. The van der Waals surface area contributed by atoms with Gasteiger partial charge < -0.3 is 30.3 Å². The lowest BCUT2D eigenvalue weighted by molar-refractivity contribution is -0.144. The molecule has 372 valence electrons. The predicted octanol–water partition coefficient (Wildman–Crippen LogP) is 6.54. The van der Waals surface area contributed by atoms with Crippen molar-refractivity contribution in [1.29, 1.82) is 0 Å². The van der Waals surface area contributed by atoms with Crippen molar-refractivity contribution >= 4 is 63.6 Å². The molecule has 6 heterocycles. The molecule has 3 aliphatic rings. The number of fused-ring (bicyclic) bond motifs is 3. The van der Waals surface area contributed by atoms with Gasteiger partial charge in [-0.05, 0) is 68.9 Å². The highest BCUT2D eigenvalue weighted by Crippen LogP contribution is 2.40. The van der Waals surface area contributed by atoms with Gasteiger partial charge in [0.1, 0.15) is 29.0 Å². The highest BCUT2D eigenvalue weighted by atomic mass is 35.5. The zero-order valence-corrected chi connectivity index (χ0v) is 43.5. The number of β-amino-alcohol motifs (C(OH)–C–C–N with tert-alkyl or cyclic N) is 1. The molecule has 0 aliphatic carbocycles. The second kappa shape index (κ2) is 21.5. The van der Waals surface area contributed by atoms with Gasteiger partial charge in [0.25, 0.3) is 0 Å². The second-order valence-corrected chi connectivity index (χ2v) is 22.1. The van der Waals surface area contributed by atoms with E-state index in [2.05, 4.69) is 49.1 Å². The average molecular weight is 1010 g/mol. The average Bonchev–Trinajstić information content (AvgIpc) is 4.10. The number of aryl methyl sites for hydroxylation is 3. The Kier molecular flexibility index (Phi) is 15.7. The normalized spacial score (nSPS) is 19.2. The molecule has 19 heteroatoms. The maximum Gasteiger partial charge on any atom is 0.246 e. The fourth-order valence-electron chi connectivity index (χ4n) is 9.36. The lowest BCUT2D eigenvalue weighted by Crippen LogP contribution is -2.58. The quantitative estimate of drug-likeness (QED) is 0.0973. The van der Waals surface area contributed by atoms with Crippen molar-refractivity contribution in [1.82, 2.24) is 45.1 Å². The smallest absolute Gasteiger partial charge is 0.246 e. The zero-order chi connectivity index (χ0) is 50.0. The van der Waals surface area contributed by atoms with Crippen LogP contribution in [0.5, 0.6) is 0 Å². The molecule has 3 aromatic heterocycles. The summed E-state index contributed by atoms with van der Waals surface area (Å²) in [4.78, 5) is 72.6. The van der Waals surface area contributed by atoms with Gasteiger partial charge >= 0.3 is 0 Å². The third-order valence-electron chi connectivity index (χ3n) is 13.5. The first-order valence-corrected chi connectivity index (χ1v) is 26.0. The van der Waals surface area contributed by atoms with Gasteiger partial charge in [0.05, 0.1) is 53.6 Å². The Bertz CT molecular complexity index is 2740. The lowest BCUT2D eigenvalue weighted by Gasteiger charge is -2.35. The molecule has 16 nitrogen and oxygen atoms in total. The summed E-state index contributed by atoms with van der Waals surface area (Å²) in [6.07, 6.45) is -0.591. The number of thiophene rings is 1. The monoisotopic (exact) mass is 1010 g/mol. The summed E-state index contributed by atoms with van der Waals surface area (Å²) in [5.41, 5.74) is 7.93. The van der Waals surface area contributed by atoms with E-state index in [1.807, 2.05) is 100 Å². The lowest BCUT2D eigenvalue weighted by atomic mass is 9.85. The van der Waals surface area contributed by atoms with Crippen LogP contribution in [0.15, 0.2) is 59.0 Å². The van der Waals surface area contributed by atoms with Crippen molar-refractivity contribution in [2.75, 3.05) is 52.5 Å². The number of ether oxygens (including phenoxy) is 1. The number of piperazine rings is 1. The van der Waals surface area contributed by atoms with Crippen LogP contribution in [0.3, 0.4) is 0 Å². The SMILES string of the molecule is Cc1ncsc1-c1ccc([C@H](C)NC(=O)[C@@H]2C[C@@H](O)CN2C(=O)C(NC(=O)CCOCCN2CCN(C(=O)C[C@@H]3N=C(c4ccc(Cl)cc4)c4c(sc(C)c4C)-n4c(C)nnc43)CC2)C(C)(C)C)cc1. The van der Waals surface area contributed by atoms with Crippen molar-refractivity contribution in [3.8, 4) is 15.4 Å². The minimum Gasteiger partial charge on any atom is -0.391 e. The maximum atomic E-state index is 14.2. The molecule has 3 aliphatic heterocycles. The van der Waals surface area contributed by atoms with Crippen LogP contribution in [0.2, 0.25) is 5.02 Å². The number of carbonyl (C=O) groups is 4. The molecule has 3 N–H and O–H groups in total. The van der Waals surface area contributed by atoms with Gasteiger partial charge in [-0.25, -0.2) is 4.98 Å². The molecule has 2 saturated heterocycles. The Hall–Kier alpha value is -5.37. The molecule has 8 rings (SSSR count). The largest absolute Gasteiger partial charge is 0.391 e. The van der Waals surface area contributed by atoms with Gasteiger partial charge in [0.15, 0.2) is 5.82 Å². The Labute approximate surface area is 422 Å². The molecule has 1 unspecified atom stereocenters. The standard InChI is InChI=1S/C51H63ClN10O6S2/c1-29-32(4)70-50-43(29)44(35-13-15-37(52)16-14-35)55-39(47-58-57-33(5)62(47)50)26-42(65)60-20-18-59(19-21-60)22-24-68-23-17-41(64)56-46(51(6,7)8)49(67)61-27-38(63)25-40(61)48(66)54-30(2)34-9-11-36(12-10-34)45-31(3)53-28-69-45/h9-16,28,30,38-40,46,63H,17-27H2,1-8H3,(H,54,66)(H,56,64)/t30-,38+,39-,40-,46?/m0/s1. The first kappa shape index (κ1) is 51.0. The number of hydrogen-bond donors (Lipinski definition) is 3. The van der Waals surface area contributed by atoms with E-state index >= 15 is 0 Å². The van der Waals surface area contributed by atoms with Crippen molar-refractivity contribution in [2.45, 2.75) is 105 Å². The van der Waals surface area contributed by atoms with Crippen molar-refractivity contribution < 1.29 is 29.0 Å². The molecule has 0 saturated carbocycles. The summed E-state index contributed by atoms with van der Waals surface area (Å²) in [5.74, 6) is 0.258. The number of aliphatic hydroxyl groups is 1. The summed E-state index contributed by atoms with van der Waals surface area (Å²) < 4.78 is 7.97. The molecule has 2 fully saturated rings. The minimum atomic E-state index is -0.940. The molecule has 0 bridgehead atoms. The van der Waals surface area contributed by atoms with Crippen LogP contribution >= 0.6 is 34.3 Å². The number of rotatable bonds is 15. The van der Waals surface area contributed by atoms with Crippen LogP contribution in [0.25, 0.3) is 15.4 Å². The molecule has 5 aromatic rings. The van der Waals surface area contributed by atoms with Gasteiger partial charge in [-0.15, -0.1) is 32.9 Å². The summed E-state index contributed by atoms with van der Waals surface area (Å²) in [6.45, 7) is 19.2. The fourth-order valence-corrected chi connectivity index (χ4v) is 11.5. The number of aromatic nitrogens is 4. The van der Waals surface area contributed by atoms with Crippen LogP contribution in [-0.4, -0.2) is 140 Å². The van der Waals surface area contributed by atoms with Crippen molar-refractivity contribution in [3.63, 3.8) is 0 Å². The van der Waals surface area contributed by atoms with E-state index in [9.17, 15) is 24.3 Å². The number of amides is 4. The van der Waals surface area contributed by atoms with Gasteiger partial charge in [-0.3, -0.25) is 33.6 Å². The van der Waals surface area contributed by atoms with Crippen LogP contribution < -0.4 is 10.6 Å². The fraction of sp³-hybridized carbons (Fsp3) is 0.490. The van der Waals surface area contributed by atoms with Gasteiger partial charge in [-0.1, -0.05) is 68.8 Å². The Morgan fingerprint density at radius 2 is 1.63 bits per heavy atom. The number of benzene rings is 2. The van der Waals surface area contributed by atoms with E-state index in [0.29, 0.717) is 50.2 Å². The topological polar surface area (TPSA) is 187 Å². The van der Waals surface area contributed by atoms with Gasteiger partial charge in [-0.2, -0.15) is 0 Å². The Morgan fingerprint density at radius 1 is 0.929 bits per heavy atom. The molecule has 2 aromatic carbocycles. The van der Waals surface area contributed by atoms with Crippen LogP contribution in [0.4, 0.5) is 0 Å². The second-order valence-electron chi connectivity index (χ2n) is 19.6. The number of likely N-dealkylation sites (tertiary alicyclic amines) is 1. The summed E-state index contributed by atoms with van der Waals surface area (Å²) in [5, 5.41) is 27.3. The number of nitrogens with zero attached hydrogens (tertiary/aromatic N) is 8. The van der Waals surface area contributed by atoms with E-state index in [0.717, 1.165) is 54.9 Å². The van der Waals surface area contributed by atoms with E-state index in [-0.39, 0.29) is 56.2 Å². The molecule has 70 heavy (non-hydrogen) atoms. The third kappa shape index (κ3) is 11.2. The van der Waals surface area contributed by atoms with E-state index in [4.69, 9.17) is 21.3 Å². The van der Waals surface area contributed by atoms with Crippen LogP contribution in [0, 0.1) is 33.1 Å². The van der Waals surface area contributed by atoms with Gasteiger partial charge in [0, 0.05) is 73.1 Å². The zero-order valence-electron chi connectivity index (χ0n) is 41.1. The van der Waals surface area contributed by atoms with Crippen LogP contribution in [0.1, 0.15) is 104 Å². The first-order valence-electron chi connectivity index (χ1n) is 23.9. The maximum absolute atomic E-state index is 14.2. The van der Waals surface area contributed by atoms with E-state index in [1.54, 1.807) is 22.7 Å². The molecular formula is C51H63ClN10O6S2. The van der Waals surface area contributed by atoms with E-state index in [1.165, 1.54) is 9.78 Å².